The molecule has 0 unspecified atom stereocenters. The van der Waals surface area contributed by atoms with E-state index < -0.39 is 11.7 Å². The first-order valence-corrected chi connectivity index (χ1v) is 20.6. The summed E-state index contributed by atoms with van der Waals surface area (Å²) < 4.78 is 48.5. The van der Waals surface area contributed by atoms with Crippen LogP contribution in [0.3, 0.4) is 0 Å². The quantitative estimate of drug-likeness (QED) is 0.165. The maximum atomic E-state index is 14.9. The molecular weight excluding hydrogens is 856 g/mol. The molecule has 0 atom stereocenters. The predicted octanol–water partition coefficient (Wildman–Crippen LogP) is 13.0. The third kappa shape index (κ3) is 6.50. The highest BCUT2D eigenvalue weighted by molar-refractivity contribution is 6.13. The van der Waals surface area contributed by atoms with Crippen molar-refractivity contribution in [1.29, 1.82) is 36.8 Å². The Bertz CT molecular complexity index is 4110. The minimum Gasteiger partial charge on any atom is -0.309 e. The van der Waals surface area contributed by atoms with Gasteiger partial charge in [-0.2, -0.15) is 50.0 Å². The number of para-hydroxylation sites is 2. The lowest BCUT2D eigenvalue weighted by atomic mass is 9.92. The fourth-order valence-corrected chi connectivity index (χ4v) is 9.30. The number of nitrogens with zero attached hydrogens (tertiary/aromatic N) is 9. The van der Waals surface area contributed by atoms with Gasteiger partial charge in [-0.05, 0) is 102 Å². The lowest BCUT2D eigenvalue weighted by molar-refractivity contribution is -0.137. The van der Waals surface area contributed by atoms with Crippen molar-refractivity contribution < 1.29 is 13.2 Å². The Morgan fingerprint density at radius 3 is 1.24 bits per heavy atom. The minimum absolute atomic E-state index is 0.136. The van der Waals surface area contributed by atoms with Crippen LogP contribution in [0.15, 0.2) is 146 Å². The van der Waals surface area contributed by atoms with Crippen LogP contribution in [0.25, 0.3) is 88.4 Å². The van der Waals surface area contributed by atoms with Gasteiger partial charge in [0.1, 0.15) is 0 Å². The summed E-state index contributed by atoms with van der Waals surface area (Å²) in [5, 5.41) is 72.9. The molecule has 2 aromatic heterocycles. The van der Waals surface area contributed by atoms with Crippen molar-refractivity contribution in [2.75, 3.05) is 0 Å². The molecule has 0 fully saturated rings. The van der Waals surface area contributed by atoms with Crippen molar-refractivity contribution in [3.8, 4) is 87.2 Å². The molecule has 0 saturated heterocycles. The van der Waals surface area contributed by atoms with Crippen LogP contribution in [0, 0.1) is 79.3 Å². The summed E-state index contributed by atoms with van der Waals surface area (Å²) in [7, 11) is 0. The molecule has 10 aromatic rings. The molecule has 0 bridgehead atoms. The normalized spacial score (nSPS) is 11.1. The largest absolute Gasteiger partial charge is 0.416 e. The Kier molecular flexibility index (Phi) is 9.77. The number of halogens is 3. The predicted molar refractivity (Wildman–Crippen MR) is 249 cm³/mol. The Morgan fingerprint density at radius 1 is 0.353 bits per heavy atom. The fourth-order valence-electron chi connectivity index (χ4n) is 9.30. The van der Waals surface area contributed by atoms with E-state index in [-0.39, 0.29) is 44.5 Å². The average Bonchev–Trinajstić information content (AvgIpc) is 3.88. The molecule has 0 saturated carbocycles. The fraction of sp³-hybridized carbons (Fsp3) is 0.0179. The molecule has 0 aliphatic carbocycles. The first-order valence-electron chi connectivity index (χ1n) is 20.6. The summed E-state index contributed by atoms with van der Waals surface area (Å²) in [5.41, 5.74) is 5.83. The van der Waals surface area contributed by atoms with Crippen molar-refractivity contribution in [3.63, 3.8) is 0 Å². The summed E-state index contributed by atoms with van der Waals surface area (Å²) in [4.78, 5) is 0. The number of benzene rings is 8. The molecule has 0 N–H and O–H groups in total. The molecule has 9 nitrogen and oxygen atoms in total. The summed E-state index contributed by atoms with van der Waals surface area (Å²) >= 11 is 0. The Morgan fingerprint density at radius 2 is 0.794 bits per heavy atom. The van der Waals surface area contributed by atoms with Gasteiger partial charge in [0.2, 0.25) is 0 Å². The Hall–Kier alpha value is -10.4. The van der Waals surface area contributed by atoms with Crippen LogP contribution in [0.2, 0.25) is 0 Å². The maximum absolute atomic E-state index is 14.9. The van der Waals surface area contributed by atoms with Gasteiger partial charge in [0.25, 0.3) is 0 Å². The number of alkyl halides is 3. The molecule has 0 amide bonds. The van der Waals surface area contributed by atoms with Crippen LogP contribution < -0.4 is 0 Å². The molecule has 68 heavy (non-hydrogen) atoms. The molecule has 10 rings (SSSR count). The zero-order valence-corrected chi connectivity index (χ0v) is 35.0. The monoisotopic (exact) mass is 879 g/mol. The number of hydrogen-bond donors (Lipinski definition) is 0. The first-order chi connectivity index (χ1) is 33.0. The van der Waals surface area contributed by atoms with Crippen LogP contribution in [-0.2, 0) is 6.18 Å². The van der Waals surface area contributed by atoms with Crippen molar-refractivity contribution in [3.05, 3.63) is 190 Å². The molecule has 0 radical (unpaired) electrons. The topological polar surface area (TPSA) is 176 Å². The van der Waals surface area contributed by atoms with E-state index >= 15 is 0 Å². The second-order valence-corrected chi connectivity index (χ2v) is 15.8. The standard InChI is InChI=1S/C56H24F3N9/c57-56(58,59)41-12-16-52(67-48-7-3-1-5-42(48)45-22-35(10-14-50(45)67)54-37(28-63)17-33(26-61)18-38(54)29-64)47(24-41)44-13-9-32(25-60)21-53(44)68-49-8-4-2-6-43(49)46-23-36(11-15-51(46)68)55-39(30-65)19-34(27-62)20-40(55)31-66/h1-24H. The van der Waals surface area contributed by atoms with Crippen LogP contribution in [0.1, 0.15) is 44.5 Å². The van der Waals surface area contributed by atoms with Gasteiger partial charge in [-0.1, -0.05) is 54.6 Å². The van der Waals surface area contributed by atoms with Gasteiger partial charge >= 0.3 is 6.18 Å². The molecule has 314 valence electrons. The lowest BCUT2D eigenvalue weighted by Crippen LogP contribution is -2.08. The van der Waals surface area contributed by atoms with E-state index in [4.69, 9.17) is 0 Å². The average molecular weight is 880 g/mol. The van der Waals surface area contributed by atoms with Gasteiger partial charge in [-0.3, -0.25) is 0 Å². The summed E-state index contributed by atoms with van der Waals surface area (Å²) in [5.74, 6) is 0. The first kappa shape index (κ1) is 41.6. The highest BCUT2D eigenvalue weighted by Gasteiger charge is 2.32. The third-order valence-electron chi connectivity index (χ3n) is 12.2. The number of nitriles is 7. The van der Waals surface area contributed by atoms with Crippen LogP contribution in [0.4, 0.5) is 13.2 Å². The lowest BCUT2D eigenvalue weighted by Gasteiger charge is -2.20. The van der Waals surface area contributed by atoms with E-state index in [1.807, 2.05) is 81.9 Å². The van der Waals surface area contributed by atoms with E-state index in [2.05, 4.69) is 30.3 Å². The molecule has 12 heteroatoms. The van der Waals surface area contributed by atoms with Crippen LogP contribution in [0.5, 0.6) is 0 Å². The molecule has 0 spiro atoms. The van der Waals surface area contributed by atoms with Gasteiger partial charge in [0.15, 0.2) is 0 Å². The van der Waals surface area contributed by atoms with E-state index in [1.165, 1.54) is 30.3 Å². The van der Waals surface area contributed by atoms with Crippen molar-refractivity contribution in [2.24, 2.45) is 0 Å². The summed E-state index contributed by atoms with van der Waals surface area (Å²) in [6, 6.07) is 54.3. The van der Waals surface area contributed by atoms with Gasteiger partial charge < -0.3 is 9.13 Å². The second-order valence-electron chi connectivity index (χ2n) is 15.8. The zero-order chi connectivity index (χ0) is 47.4. The van der Waals surface area contributed by atoms with Gasteiger partial charge in [0.05, 0.1) is 120 Å². The third-order valence-corrected chi connectivity index (χ3v) is 12.2. The van der Waals surface area contributed by atoms with Crippen LogP contribution >= 0.6 is 0 Å². The van der Waals surface area contributed by atoms with E-state index in [1.54, 1.807) is 42.5 Å². The minimum atomic E-state index is -4.74. The highest BCUT2D eigenvalue weighted by Crippen LogP contribution is 2.45. The maximum Gasteiger partial charge on any atom is 0.416 e. The van der Waals surface area contributed by atoms with Crippen LogP contribution in [-0.4, -0.2) is 9.13 Å². The van der Waals surface area contributed by atoms with Gasteiger partial charge in [-0.25, -0.2) is 0 Å². The van der Waals surface area contributed by atoms with Gasteiger partial charge in [-0.15, -0.1) is 0 Å². The molecule has 8 aromatic carbocycles. The van der Waals surface area contributed by atoms with Crippen molar-refractivity contribution >= 4 is 43.6 Å². The molecular formula is C56H24F3N9. The van der Waals surface area contributed by atoms with E-state index in [0.717, 1.165) is 22.9 Å². The summed E-state index contributed by atoms with van der Waals surface area (Å²) in [6.45, 7) is 0. The van der Waals surface area contributed by atoms with E-state index in [9.17, 15) is 50.0 Å². The number of fused-ring (bicyclic) bond motifs is 6. The molecule has 0 aliphatic heterocycles. The Labute approximate surface area is 384 Å². The smallest absolute Gasteiger partial charge is 0.309 e. The molecule has 2 heterocycles. The number of hydrogen-bond acceptors (Lipinski definition) is 7. The zero-order valence-electron chi connectivity index (χ0n) is 35.0. The van der Waals surface area contributed by atoms with E-state index in [0.29, 0.717) is 72.0 Å². The highest BCUT2D eigenvalue weighted by atomic mass is 19.4. The van der Waals surface area contributed by atoms with Crippen molar-refractivity contribution in [1.82, 2.24) is 9.13 Å². The number of aromatic nitrogens is 2. The Balaban J connectivity index is 1.26. The SMILES string of the molecule is N#Cc1cc(C#N)c(-c2ccc3c(c2)c2ccccc2n3-c2ccc(C(F)(F)F)cc2-c2ccc(C#N)cc2-n2c3ccccc3c3cc(-c4c(C#N)cc(C#N)cc4C#N)ccc32)c(C#N)c1. The second kappa shape index (κ2) is 16.0. The summed E-state index contributed by atoms with van der Waals surface area (Å²) in [6.07, 6.45) is -4.74. The van der Waals surface area contributed by atoms with Gasteiger partial charge in [0, 0.05) is 43.8 Å². The molecule has 0 aliphatic rings. The number of rotatable bonds is 5. The van der Waals surface area contributed by atoms with Crippen molar-refractivity contribution in [2.45, 2.75) is 6.18 Å².